The van der Waals surface area contributed by atoms with Gasteiger partial charge in [-0.1, -0.05) is 29.8 Å². The number of hydrogen-bond donors (Lipinski definition) is 1. The number of alkyl halides is 3. The van der Waals surface area contributed by atoms with Crippen molar-refractivity contribution in [1.82, 2.24) is 24.4 Å². The Morgan fingerprint density at radius 1 is 1.08 bits per heavy atom. The van der Waals surface area contributed by atoms with Crippen LogP contribution in [0.5, 0.6) is 5.75 Å². The minimum Gasteiger partial charge on any atom is -0.497 e. The number of fused-ring (bicyclic) bond motifs is 1. The number of benzene rings is 2. The Balaban J connectivity index is 1.46. The van der Waals surface area contributed by atoms with Crippen molar-refractivity contribution < 1.29 is 22.7 Å². The van der Waals surface area contributed by atoms with Gasteiger partial charge in [0, 0.05) is 17.8 Å². The number of aryl methyl sites for hydroxylation is 1. The van der Waals surface area contributed by atoms with Gasteiger partial charge in [0.05, 0.1) is 25.5 Å². The fourth-order valence-electron chi connectivity index (χ4n) is 3.93. The van der Waals surface area contributed by atoms with Gasteiger partial charge in [-0.15, -0.1) is 0 Å². The summed E-state index contributed by atoms with van der Waals surface area (Å²) in [6.45, 7) is 2.49. The molecule has 0 atom stereocenters. The van der Waals surface area contributed by atoms with Crippen LogP contribution >= 0.6 is 0 Å². The van der Waals surface area contributed by atoms with Crippen LogP contribution in [0.3, 0.4) is 0 Å². The van der Waals surface area contributed by atoms with Crippen LogP contribution in [0.15, 0.2) is 73.1 Å². The second-order valence-electron chi connectivity index (χ2n) is 8.39. The minimum atomic E-state index is -4.73. The second kappa shape index (κ2) is 9.41. The summed E-state index contributed by atoms with van der Waals surface area (Å²) in [4.78, 5) is 17.4. The molecule has 0 bridgehead atoms. The predicted molar refractivity (Wildman–Crippen MR) is 130 cm³/mol. The topological polar surface area (TPSA) is 86.3 Å². The van der Waals surface area contributed by atoms with E-state index in [0.29, 0.717) is 22.4 Å². The van der Waals surface area contributed by atoms with Crippen molar-refractivity contribution in [2.45, 2.75) is 19.6 Å². The van der Waals surface area contributed by atoms with E-state index in [0.717, 1.165) is 23.4 Å². The smallest absolute Gasteiger partial charge is 0.433 e. The predicted octanol–water partition coefficient (Wildman–Crippen LogP) is 5.23. The highest BCUT2D eigenvalue weighted by molar-refractivity contribution is 6.07. The van der Waals surface area contributed by atoms with E-state index in [9.17, 15) is 18.0 Å². The van der Waals surface area contributed by atoms with Gasteiger partial charge in [0.25, 0.3) is 5.91 Å². The average molecular weight is 506 g/mol. The number of carbonyl (C=O) groups excluding carboxylic acids is 1. The normalized spacial score (nSPS) is 11.6. The molecule has 1 N–H and O–H groups in total. The first kappa shape index (κ1) is 24.0. The Labute approximate surface area is 209 Å². The first-order valence-electron chi connectivity index (χ1n) is 11.2. The van der Waals surface area contributed by atoms with Gasteiger partial charge in [0.2, 0.25) is 0 Å². The SMILES string of the molecule is COc1ccc(-c2cc(C(F)(F)F)n3ncc(C(=O)Nc4ccn(Cc5cccc(C)c5)n4)c3n2)cc1. The van der Waals surface area contributed by atoms with E-state index in [1.165, 1.54) is 7.11 Å². The van der Waals surface area contributed by atoms with Gasteiger partial charge in [-0.25, -0.2) is 9.50 Å². The standard InChI is InChI=1S/C26H21F3N6O2/c1-16-4-3-5-17(12-16)15-34-11-10-23(33-34)32-25(36)20-14-30-35-22(26(27,28)29)13-21(31-24(20)35)18-6-8-19(37-2)9-7-18/h3-14H,15H2,1-2H3,(H,32,33,36). The molecule has 5 rings (SSSR count). The summed E-state index contributed by atoms with van der Waals surface area (Å²) in [7, 11) is 1.49. The molecule has 0 spiro atoms. The Bertz CT molecular complexity index is 1590. The molecule has 188 valence electrons. The number of anilines is 1. The fourth-order valence-corrected chi connectivity index (χ4v) is 3.93. The Morgan fingerprint density at radius 2 is 1.86 bits per heavy atom. The molecular formula is C26H21F3N6O2. The molecule has 0 unspecified atom stereocenters. The van der Waals surface area contributed by atoms with Crippen LogP contribution in [0.1, 0.15) is 27.2 Å². The van der Waals surface area contributed by atoms with Gasteiger partial charge in [-0.3, -0.25) is 9.48 Å². The number of ether oxygens (including phenoxy) is 1. The highest BCUT2D eigenvalue weighted by Crippen LogP contribution is 2.33. The number of rotatable bonds is 6. The highest BCUT2D eigenvalue weighted by Gasteiger charge is 2.36. The van der Waals surface area contributed by atoms with Crippen molar-refractivity contribution in [3.05, 3.63) is 95.4 Å². The average Bonchev–Trinajstić information content (AvgIpc) is 3.49. The Hall–Kier alpha value is -4.67. The maximum absolute atomic E-state index is 13.9. The molecule has 37 heavy (non-hydrogen) atoms. The van der Waals surface area contributed by atoms with E-state index in [1.807, 2.05) is 31.2 Å². The molecule has 0 radical (unpaired) electrons. The van der Waals surface area contributed by atoms with Crippen LogP contribution in [-0.4, -0.2) is 37.4 Å². The fraction of sp³-hybridized carbons (Fsp3) is 0.154. The van der Waals surface area contributed by atoms with Gasteiger partial charge in [0.1, 0.15) is 11.3 Å². The first-order chi connectivity index (χ1) is 17.7. The molecule has 0 saturated heterocycles. The molecule has 11 heteroatoms. The zero-order chi connectivity index (χ0) is 26.2. The maximum atomic E-state index is 13.9. The summed E-state index contributed by atoms with van der Waals surface area (Å²) in [5.41, 5.74) is 1.23. The Morgan fingerprint density at radius 3 is 2.57 bits per heavy atom. The maximum Gasteiger partial charge on any atom is 0.433 e. The van der Waals surface area contributed by atoms with Crippen LogP contribution in [-0.2, 0) is 12.7 Å². The summed E-state index contributed by atoms with van der Waals surface area (Å²) in [6.07, 6.45) is -1.96. The third-order valence-electron chi connectivity index (χ3n) is 5.70. The lowest BCUT2D eigenvalue weighted by Crippen LogP contribution is -2.16. The van der Waals surface area contributed by atoms with Crippen molar-refractivity contribution in [1.29, 1.82) is 0 Å². The monoisotopic (exact) mass is 506 g/mol. The van der Waals surface area contributed by atoms with Crippen LogP contribution in [0.4, 0.5) is 19.0 Å². The zero-order valence-corrected chi connectivity index (χ0v) is 19.8. The number of nitrogens with one attached hydrogen (secondary N) is 1. The first-order valence-corrected chi connectivity index (χ1v) is 11.2. The third kappa shape index (κ3) is 5.01. The second-order valence-corrected chi connectivity index (χ2v) is 8.39. The van der Waals surface area contributed by atoms with E-state index < -0.39 is 17.8 Å². The lowest BCUT2D eigenvalue weighted by molar-refractivity contribution is -0.142. The molecule has 0 aliphatic heterocycles. The number of methoxy groups -OCH3 is 1. The molecule has 8 nitrogen and oxygen atoms in total. The molecule has 3 heterocycles. The van der Waals surface area contributed by atoms with Crippen LogP contribution in [0.25, 0.3) is 16.9 Å². The quantitative estimate of drug-likeness (QED) is 0.341. The van der Waals surface area contributed by atoms with Crippen molar-refractivity contribution in [2.75, 3.05) is 12.4 Å². The van der Waals surface area contributed by atoms with Gasteiger partial charge < -0.3 is 10.1 Å². The number of hydrogen-bond acceptors (Lipinski definition) is 5. The Kier molecular flexibility index (Phi) is 6.12. The number of carbonyl (C=O) groups is 1. The number of nitrogens with zero attached hydrogens (tertiary/aromatic N) is 5. The summed E-state index contributed by atoms with van der Waals surface area (Å²) in [5, 5.41) is 10.8. The van der Waals surface area contributed by atoms with E-state index in [4.69, 9.17) is 4.74 Å². The van der Waals surface area contributed by atoms with Gasteiger partial charge in [-0.2, -0.15) is 23.4 Å². The summed E-state index contributed by atoms with van der Waals surface area (Å²) < 4.78 is 49.0. The van der Waals surface area contributed by atoms with E-state index >= 15 is 0 Å². The van der Waals surface area contributed by atoms with Gasteiger partial charge in [0.15, 0.2) is 17.2 Å². The summed E-state index contributed by atoms with van der Waals surface area (Å²) in [5.74, 6) is 0.120. The molecule has 0 aliphatic rings. The van der Waals surface area contributed by atoms with E-state index in [-0.39, 0.29) is 22.7 Å². The molecule has 0 saturated carbocycles. The number of aromatic nitrogens is 5. The van der Waals surface area contributed by atoms with Gasteiger partial charge >= 0.3 is 6.18 Å². The van der Waals surface area contributed by atoms with Crippen molar-refractivity contribution >= 4 is 17.4 Å². The van der Waals surface area contributed by atoms with Crippen LogP contribution < -0.4 is 10.1 Å². The van der Waals surface area contributed by atoms with E-state index in [1.54, 1.807) is 41.2 Å². The zero-order valence-electron chi connectivity index (χ0n) is 19.8. The lowest BCUT2D eigenvalue weighted by Gasteiger charge is -2.12. The molecule has 3 aromatic heterocycles. The molecule has 0 aliphatic carbocycles. The summed E-state index contributed by atoms with van der Waals surface area (Å²) in [6, 6.07) is 16.9. The molecule has 1 amide bonds. The molecular weight excluding hydrogens is 485 g/mol. The van der Waals surface area contributed by atoms with E-state index in [2.05, 4.69) is 20.5 Å². The highest BCUT2D eigenvalue weighted by atomic mass is 19.4. The number of halogens is 3. The van der Waals surface area contributed by atoms with Crippen molar-refractivity contribution in [3.8, 4) is 17.0 Å². The summed E-state index contributed by atoms with van der Waals surface area (Å²) >= 11 is 0. The molecule has 0 fully saturated rings. The largest absolute Gasteiger partial charge is 0.497 e. The van der Waals surface area contributed by atoms with Crippen LogP contribution in [0, 0.1) is 6.92 Å². The van der Waals surface area contributed by atoms with Gasteiger partial charge in [-0.05, 0) is 42.8 Å². The molecule has 2 aromatic carbocycles. The van der Waals surface area contributed by atoms with Crippen molar-refractivity contribution in [2.24, 2.45) is 0 Å². The third-order valence-corrected chi connectivity index (χ3v) is 5.70. The van der Waals surface area contributed by atoms with Crippen LogP contribution in [0.2, 0.25) is 0 Å². The van der Waals surface area contributed by atoms with Crippen molar-refractivity contribution in [3.63, 3.8) is 0 Å². The number of amides is 1. The lowest BCUT2D eigenvalue weighted by atomic mass is 10.1. The molecule has 5 aromatic rings. The minimum absolute atomic E-state index is 0.0412.